The van der Waals surface area contributed by atoms with Crippen LogP contribution in [0, 0.1) is 0 Å². The van der Waals surface area contributed by atoms with Crippen molar-refractivity contribution >= 4 is 11.9 Å². The van der Waals surface area contributed by atoms with Gasteiger partial charge in [-0.15, -0.1) is 0 Å². The number of rotatable bonds is 8. The van der Waals surface area contributed by atoms with Gasteiger partial charge in [0.15, 0.2) is 0 Å². The average molecular weight is 293 g/mol. The molecule has 1 rings (SSSR count). The molecule has 0 aliphatic carbocycles. The molecule has 0 saturated heterocycles. The van der Waals surface area contributed by atoms with E-state index in [-0.39, 0.29) is 18.4 Å². The van der Waals surface area contributed by atoms with Crippen LogP contribution in [0.4, 0.5) is 0 Å². The first-order valence-electron chi connectivity index (χ1n) is 7.01. The molecule has 2 unspecified atom stereocenters. The van der Waals surface area contributed by atoms with Crippen molar-refractivity contribution in [3.05, 3.63) is 35.9 Å². The number of carboxylic acid groups (broad SMARTS) is 1. The Kier molecular flexibility index (Phi) is 6.37. The number of carbonyl (C=O) groups is 2. The zero-order chi connectivity index (χ0) is 15.9. The first-order chi connectivity index (χ1) is 9.93. The van der Waals surface area contributed by atoms with E-state index in [1.54, 1.807) is 38.3 Å². The number of ether oxygens (including phenoxy) is 1. The lowest BCUT2D eigenvalue weighted by atomic mass is 9.79. The highest BCUT2D eigenvalue weighted by atomic mass is 16.5. The number of hydrogen-bond acceptors (Lipinski definition) is 3. The van der Waals surface area contributed by atoms with Gasteiger partial charge in [-0.2, -0.15) is 0 Å². The van der Waals surface area contributed by atoms with Crippen LogP contribution in [-0.4, -0.2) is 36.7 Å². The van der Waals surface area contributed by atoms with Crippen LogP contribution in [0.15, 0.2) is 30.3 Å². The second-order valence-electron chi connectivity index (χ2n) is 5.31. The van der Waals surface area contributed by atoms with E-state index in [0.29, 0.717) is 12.2 Å². The van der Waals surface area contributed by atoms with Crippen LogP contribution >= 0.6 is 0 Å². The number of amides is 1. The standard InChI is InChI=1S/C16H23NO4/c1-4-13(11-21-3)17-14(18)10-16(2,15(19)20)12-8-6-5-7-9-12/h5-9,13H,4,10-11H2,1-3H3,(H,17,18)(H,19,20). The Balaban J connectivity index is 2.84. The molecule has 0 spiro atoms. The van der Waals surface area contributed by atoms with Gasteiger partial charge in [0.2, 0.25) is 5.91 Å². The normalized spacial score (nSPS) is 15.0. The van der Waals surface area contributed by atoms with Gasteiger partial charge < -0.3 is 15.2 Å². The molecular formula is C16H23NO4. The predicted molar refractivity (Wildman–Crippen MR) is 80.1 cm³/mol. The Morgan fingerprint density at radius 3 is 2.43 bits per heavy atom. The molecular weight excluding hydrogens is 270 g/mol. The van der Waals surface area contributed by atoms with Gasteiger partial charge in [0, 0.05) is 13.5 Å². The number of carbonyl (C=O) groups excluding carboxylic acids is 1. The van der Waals surface area contributed by atoms with E-state index >= 15 is 0 Å². The Morgan fingerprint density at radius 2 is 1.95 bits per heavy atom. The molecule has 1 amide bonds. The van der Waals surface area contributed by atoms with Crippen LogP contribution in [-0.2, 0) is 19.7 Å². The molecule has 116 valence electrons. The molecule has 0 fully saturated rings. The van der Waals surface area contributed by atoms with Crippen molar-refractivity contribution in [2.75, 3.05) is 13.7 Å². The molecule has 5 heteroatoms. The van der Waals surface area contributed by atoms with Crippen LogP contribution in [0.5, 0.6) is 0 Å². The molecule has 5 nitrogen and oxygen atoms in total. The lowest BCUT2D eigenvalue weighted by Crippen LogP contribution is -2.43. The Morgan fingerprint density at radius 1 is 1.33 bits per heavy atom. The molecule has 1 aromatic carbocycles. The molecule has 2 N–H and O–H groups in total. The van der Waals surface area contributed by atoms with E-state index in [4.69, 9.17) is 4.74 Å². The van der Waals surface area contributed by atoms with Crippen molar-refractivity contribution in [2.45, 2.75) is 38.1 Å². The zero-order valence-electron chi connectivity index (χ0n) is 12.8. The molecule has 0 aliphatic rings. The fourth-order valence-electron chi connectivity index (χ4n) is 2.17. The SMILES string of the molecule is CCC(COC)NC(=O)CC(C)(C(=O)O)c1ccccc1. The summed E-state index contributed by atoms with van der Waals surface area (Å²) in [6.07, 6.45) is 0.626. The highest BCUT2D eigenvalue weighted by molar-refractivity contribution is 5.89. The second-order valence-corrected chi connectivity index (χ2v) is 5.31. The second kappa shape index (κ2) is 7.78. The highest BCUT2D eigenvalue weighted by Gasteiger charge is 2.37. The van der Waals surface area contributed by atoms with Gasteiger partial charge in [-0.1, -0.05) is 37.3 Å². The predicted octanol–water partition coefficient (Wildman–Crippen LogP) is 1.96. The van der Waals surface area contributed by atoms with Crippen LogP contribution < -0.4 is 5.32 Å². The fraction of sp³-hybridized carbons (Fsp3) is 0.500. The van der Waals surface area contributed by atoms with Crippen LogP contribution in [0.1, 0.15) is 32.3 Å². The van der Waals surface area contributed by atoms with Crippen molar-refractivity contribution in [1.29, 1.82) is 0 Å². The quantitative estimate of drug-likeness (QED) is 0.768. The number of hydrogen-bond donors (Lipinski definition) is 2. The van der Waals surface area contributed by atoms with Gasteiger partial charge in [-0.25, -0.2) is 0 Å². The minimum Gasteiger partial charge on any atom is -0.481 e. The van der Waals surface area contributed by atoms with E-state index < -0.39 is 11.4 Å². The third-order valence-corrected chi connectivity index (χ3v) is 3.62. The molecule has 0 heterocycles. The van der Waals surface area contributed by atoms with E-state index in [0.717, 1.165) is 6.42 Å². The average Bonchev–Trinajstić information content (AvgIpc) is 2.47. The van der Waals surface area contributed by atoms with Crippen LogP contribution in [0.3, 0.4) is 0 Å². The summed E-state index contributed by atoms with van der Waals surface area (Å²) in [5.74, 6) is -1.30. The molecule has 0 aromatic heterocycles. The molecule has 0 bridgehead atoms. The maximum atomic E-state index is 12.2. The van der Waals surface area contributed by atoms with Crippen LogP contribution in [0.25, 0.3) is 0 Å². The van der Waals surface area contributed by atoms with Gasteiger partial charge in [0.25, 0.3) is 0 Å². The number of benzene rings is 1. The summed E-state index contributed by atoms with van der Waals surface area (Å²) in [7, 11) is 1.57. The van der Waals surface area contributed by atoms with E-state index in [9.17, 15) is 14.7 Å². The van der Waals surface area contributed by atoms with Crippen molar-refractivity contribution in [2.24, 2.45) is 0 Å². The third kappa shape index (κ3) is 4.56. The van der Waals surface area contributed by atoms with E-state index in [2.05, 4.69) is 5.32 Å². The van der Waals surface area contributed by atoms with E-state index in [1.165, 1.54) is 0 Å². The van der Waals surface area contributed by atoms with Crippen LogP contribution in [0.2, 0.25) is 0 Å². The maximum absolute atomic E-state index is 12.2. The summed E-state index contributed by atoms with van der Waals surface area (Å²) in [6.45, 7) is 3.93. The minimum atomic E-state index is -1.24. The summed E-state index contributed by atoms with van der Waals surface area (Å²) in [6, 6.07) is 8.72. The summed E-state index contributed by atoms with van der Waals surface area (Å²) < 4.78 is 5.03. The van der Waals surface area contributed by atoms with Gasteiger partial charge in [-0.3, -0.25) is 9.59 Å². The summed E-state index contributed by atoms with van der Waals surface area (Å²) in [5.41, 5.74) is -0.621. The van der Waals surface area contributed by atoms with Gasteiger partial charge in [0.1, 0.15) is 0 Å². The summed E-state index contributed by atoms with van der Waals surface area (Å²) >= 11 is 0. The van der Waals surface area contributed by atoms with Crippen molar-refractivity contribution in [3.63, 3.8) is 0 Å². The number of carboxylic acids is 1. The highest BCUT2D eigenvalue weighted by Crippen LogP contribution is 2.28. The van der Waals surface area contributed by atoms with Gasteiger partial charge >= 0.3 is 5.97 Å². The molecule has 0 radical (unpaired) electrons. The molecule has 1 aromatic rings. The Labute approximate surface area is 125 Å². The Hall–Kier alpha value is -1.88. The number of methoxy groups -OCH3 is 1. The topological polar surface area (TPSA) is 75.6 Å². The molecule has 0 saturated carbocycles. The molecule has 21 heavy (non-hydrogen) atoms. The minimum absolute atomic E-state index is 0.101. The summed E-state index contributed by atoms with van der Waals surface area (Å²) in [4.78, 5) is 23.8. The number of nitrogens with one attached hydrogen (secondary N) is 1. The third-order valence-electron chi connectivity index (χ3n) is 3.62. The lowest BCUT2D eigenvalue weighted by Gasteiger charge is -2.26. The fourth-order valence-corrected chi connectivity index (χ4v) is 2.17. The molecule has 2 atom stereocenters. The largest absolute Gasteiger partial charge is 0.481 e. The Bertz CT molecular complexity index is 474. The maximum Gasteiger partial charge on any atom is 0.314 e. The summed E-state index contributed by atoms with van der Waals surface area (Å²) in [5, 5.41) is 12.3. The van der Waals surface area contributed by atoms with Gasteiger partial charge in [-0.05, 0) is 18.9 Å². The van der Waals surface area contributed by atoms with Crippen molar-refractivity contribution < 1.29 is 19.4 Å². The molecule has 0 aliphatic heterocycles. The monoisotopic (exact) mass is 293 g/mol. The van der Waals surface area contributed by atoms with Crippen molar-refractivity contribution in [3.8, 4) is 0 Å². The lowest BCUT2D eigenvalue weighted by molar-refractivity contribution is -0.145. The number of aliphatic carboxylic acids is 1. The van der Waals surface area contributed by atoms with Crippen molar-refractivity contribution in [1.82, 2.24) is 5.32 Å². The van der Waals surface area contributed by atoms with E-state index in [1.807, 2.05) is 13.0 Å². The first kappa shape index (κ1) is 17.2. The smallest absolute Gasteiger partial charge is 0.314 e. The zero-order valence-corrected chi connectivity index (χ0v) is 12.8. The first-order valence-corrected chi connectivity index (χ1v) is 7.01. The van der Waals surface area contributed by atoms with Gasteiger partial charge in [0.05, 0.1) is 18.1 Å².